The number of aromatic amines is 2. The molecule has 8 heteroatoms. The quantitative estimate of drug-likeness (QED) is 0.395. The predicted octanol–water partition coefficient (Wildman–Crippen LogP) is 5.33. The van der Waals surface area contributed by atoms with Gasteiger partial charge in [0, 0.05) is 39.1 Å². The van der Waals surface area contributed by atoms with Gasteiger partial charge in [-0.3, -0.25) is 0 Å². The van der Waals surface area contributed by atoms with Crippen LogP contribution >= 0.6 is 15.9 Å². The highest BCUT2D eigenvalue weighted by Crippen LogP contribution is 2.28. The number of aryl methyl sites for hydroxylation is 1. The third-order valence-electron chi connectivity index (χ3n) is 4.55. The number of aromatic nitrogens is 2. The molecule has 144 valence electrons. The Morgan fingerprint density at radius 3 is 2.82 bits per heavy atom. The van der Waals surface area contributed by atoms with Crippen LogP contribution in [0.4, 0.5) is 13.6 Å². The Labute approximate surface area is 167 Å². The van der Waals surface area contributed by atoms with E-state index >= 15 is 0 Å². The minimum absolute atomic E-state index is 0.229. The molecule has 0 atom stereocenters. The summed E-state index contributed by atoms with van der Waals surface area (Å²) in [5.41, 5.74) is 2.89. The first kappa shape index (κ1) is 18.5. The Hall–Kier alpha value is -2.87. The summed E-state index contributed by atoms with van der Waals surface area (Å²) in [6, 6.07) is 9.07. The van der Waals surface area contributed by atoms with E-state index in [4.69, 9.17) is 4.74 Å². The number of amides is 1. The Morgan fingerprint density at radius 1 is 1.18 bits per heavy atom. The van der Waals surface area contributed by atoms with Crippen LogP contribution in [0.15, 0.2) is 40.9 Å². The number of H-pyrrole nitrogens is 2. The van der Waals surface area contributed by atoms with E-state index in [2.05, 4.69) is 31.2 Å². The first-order chi connectivity index (χ1) is 13.4. The zero-order valence-corrected chi connectivity index (χ0v) is 16.4. The van der Waals surface area contributed by atoms with Crippen LogP contribution in [-0.4, -0.2) is 22.6 Å². The molecule has 0 aliphatic carbocycles. The van der Waals surface area contributed by atoms with Crippen molar-refractivity contribution < 1.29 is 18.3 Å². The molecule has 28 heavy (non-hydrogen) atoms. The molecule has 5 nitrogen and oxygen atoms in total. The number of halogens is 3. The lowest BCUT2D eigenvalue weighted by molar-refractivity contribution is 0.199. The smallest absolute Gasteiger partial charge is 0.393 e. The molecule has 4 rings (SSSR count). The molecule has 0 aliphatic rings. The number of fused-ring (bicyclic) bond motifs is 2. The largest absolute Gasteiger partial charge is 0.413 e. The van der Waals surface area contributed by atoms with Gasteiger partial charge in [0.1, 0.15) is 11.6 Å². The SMILES string of the molecule is Cc1[nH]c2c(F)cc(Br)cc2c1CCNC(=O)Oc1cc2cc(F)ccc2[nH]1. The Bertz CT molecular complexity index is 1200. The Morgan fingerprint density at radius 2 is 2.00 bits per heavy atom. The zero-order chi connectivity index (χ0) is 19.8. The fourth-order valence-electron chi connectivity index (χ4n) is 3.28. The van der Waals surface area contributed by atoms with E-state index in [1.165, 1.54) is 18.2 Å². The highest BCUT2D eigenvalue weighted by molar-refractivity contribution is 9.10. The summed E-state index contributed by atoms with van der Waals surface area (Å²) in [6.45, 7) is 2.18. The summed E-state index contributed by atoms with van der Waals surface area (Å²) < 4.78 is 33.2. The van der Waals surface area contributed by atoms with Gasteiger partial charge in [-0.05, 0) is 49.2 Å². The average Bonchev–Trinajstić information content (AvgIpc) is 3.15. The number of ether oxygens (including phenoxy) is 1. The molecule has 3 N–H and O–H groups in total. The van der Waals surface area contributed by atoms with Gasteiger partial charge in [0.25, 0.3) is 0 Å². The van der Waals surface area contributed by atoms with Crippen molar-refractivity contribution in [2.24, 2.45) is 0 Å². The lowest BCUT2D eigenvalue weighted by atomic mass is 10.1. The van der Waals surface area contributed by atoms with Gasteiger partial charge < -0.3 is 20.0 Å². The number of carbonyl (C=O) groups excluding carboxylic acids is 1. The maximum Gasteiger partial charge on any atom is 0.413 e. The van der Waals surface area contributed by atoms with Crippen LogP contribution < -0.4 is 10.1 Å². The first-order valence-electron chi connectivity index (χ1n) is 8.61. The molecule has 0 unspecified atom stereocenters. The van der Waals surface area contributed by atoms with Crippen LogP contribution in [0.5, 0.6) is 5.88 Å². The molecule has 0 saturated carbocycles. The molecular weight excluding hydrogens is 432 g/mol. The maximum absolute atomic E-state index is 14.1. The fourth-order valence-corrected chi connectivity index (χ4v) is 3.71. The Kier molecular flexibility index (Phi) is 4.80. The summed E-state index contributed by atoms with van der Waals surface area (Å²) in [4.78, 5) is 18.0. The van der Waals surface area contributed by atoms with E-state index in [0.29, 0.717) is 33.9 Å². The second kappa shape index (κ2) is 7.27. The van der Waals surface area contributed by atoms with Crippen LogP contribution in [0.25, 0.3) is 21.8 Å². The van der Waals surface area contributed by atoms with Crippen LogP contribution in [-0.2, 0) is 6.42 Å². The third kappa shape index (κ3) is 3.60. The molecule has 2 heterocycles. The minimum Gasteiger partial charge on any atom is -0.393 e. The van der Waals surface area contributed by atoms with Crippen molar-refractivity contribution in [3.8, 4) is 5.88 Å². The predicted molar refractivity (Wildman–Crippen MR) is 107 cm³/mol. The molecule has 0 radical (unpaired) electrons. The highest BCUT2D eigenvalue weighted by atomic mass is 79.9. The van der Waals surface area contributed by atoms with Crippen molar-refractivity contribution in [3.05, 3.63) is 63.8 Å². The average molecular weight is 448 g/mol. The van der Waals surface area contributed by atoms with Crippen molar-refractivity contribution in [1.29, 1.82) is 0 Å². The summed E-state index contributed by atoms with van der Waals surface area (Å²) in [5.74, 6) is -0.464. The standard InChI is InChI=1S/C20H16BrF2N3O2/c1-10-14(15-8-12(21)9-16(23)19(15)25-10)4-5-24-20(27)28-18-7-11-6-13(22)2-3-17(11)26-18/h2-3,6-9,25-26H,4-5H2,1H3,(H,24,27). The molecule has 2 aromatic carbocycles. The van der Waals surface area contributed by atoms with Crippen LogP contribution in [0.1, 0.15) is 11.3 Å². The second-order valence-electron chi connectivity index (χ2n) is 6.47. The number of hydrogen-bond acceptors (Lipinski definition) is 2. The monoisotopic (exact) mass is 447 g/mol. The Balaban J connectivity index is 1.41. The minimum atomic E-state index is -0.628. The van der Waals surface area contributed by atoms with Gasteiger partial charge >= 0.3 is 6.09 Å². The van der Waals surface area contributed by atoms with Crippen molar-refractivity contribution in [1.82, 2.24) is 15.3 Å². The number of carbonyl (C=O) groups is 1. The van der Waals surface area contributed by atoms with E-state index in [9.17, 15) is 13.6 Å². The molecule has 2 aromatic heterocycles. The zero-order valence-electron chi connectivity index (χ0n) is 14.8. The fraction of sp³-hybridized carbons (Fsp3) is 0.150. The number of nitrogens with one attached hydrogen (secondary N) is 3. The number of benzene rings is 2. The summed E-state index contributed by atoms with van der Waals surface area (Å²) >= 11 is 3.30. The van der Waals surface area contributed by atoms with Gasteiger partial charge in [0.15, 0.2) is 0 Å². The van der Waals surface area contributed by atoms with Crippen molar-refractivity contribution in [3.63, 3.8) is 0 Å². The van der Waals surface area contributed by atoms with Crippen molar-refractivity contribution in [2.75, 3.05) is 6.54 Å². The van der Waals surface area contributed by atoms with Crippen molar-refractivity contribution >= 4 is 43.8 Å². The normalized spacial score (nSPS) is 11.3. The van der Waals surface area contributed by atoms with Gasteiger partial charge in [0.05, 0.1) is 5.52 Å². The van der Waals surface area contributed by atoms with E-state index < -0.39 is 6.09 Å². The van der Waals surface area contributed by atoms with E-state index in [1.807, 2.05) is 13.0 Å². The van der Waals surface area contributed by atoms with Gasteiger partial charge in [-0.1, -0.05) is 15.9 Å². The molecule has 4 aromatic rings. The molecule has 0 spiro atoms. The van der Waals surface area contributed by atoms with Crippen molar-refractivity contribution in [2.45, 2.75) is 13.3 Å². The lowest BCUT2D eigenvalue weighted by Gasteiger charge is -2.06. The van der Waals surface area contributed by atoms with Crippen LogP contribution in [0.2, 0.25) is 0 Å². The third-order valence-corrected chi connectivity index (χ3v) is 5.01. The summed E-state index contributed by atoms with van der Waals surface area (Å²) in [7, 11) is 0. The molecule has 0 fully saturated rings. The highest BCUT2D eigenvalue weighted by Gasteiger charge is 2.14. The maximum atomic E-state index is 14.1. The molecule has 0 aliphatic heterocycles. The lowest BCUT2D eigenvalue weighted by Crippen LogP contribution is -2.28. The van der Waals surface area contributed by atoms with E-state index in [0.717, 1.165) is 16.6 Å². The van der Waals surface area contributed by atoms with Gasteiger partial charge in [0.2, 0.25) is 5.88 Å². The summed E-state index contributed by atoms with van der Waals surface area (Å²) in [5, 5.41) is 4.06. The number of rotatable bonds is 4. The molecule has 0 bridgehead atoms. The van der Waals surface area contributed by atoms with Gasteiger partial charge in [-0.15, -0.1) is 0 Å². The molecule has 0 saturated heterocycles. The van der Waals surface area contributed by atoms with Gasteiger partial charge in [-0.25, -0.2) is 13.6 Å². The van der Waals surface area contributed by atoms with Gasteiger partial charge in [-0.2, -0.15) is 0 Å². The van der Waals surface area contributed by atoms with Crippen LogP contribution in [0.3, 0.4) is 0 Å². The number of hydrogen-bond donors (Lipinski definition) is 3. The van der Waals surface area contributed by atoms with E-state index in [-0.39, 0.29) is 17.5 Å². The molecule has 1 amide bonds. The van der Waals surface area contributed by atoms with E-state index in [1.54, 1.807) is 12.1 Å². The second-order valence-corrected chi connectivity index (χ2v) is 7.39. The first-order valence-corrected chi connectivity index (χ1v) is 9.40. The van der Waals surface area contributed by atoms with Crippen LogP contribution in [0, 0.1) is 18.6 Å². The summed E-state index contributed by atoms with van der Waals surface area (Å²) in [6.07, 6.45) is -0.119. The molecular formula is C20H16BrF2N3O2. The topological polar surface area (TPSA) is 69.9 Å².